The van der Waals surface area contributed by atoms with Crippen molar-refractivity contribution in [2.45, 2.75) is 37.7 Å². The van der Waals surface area contributed by atoms with Gasteiger partial charge >= 0.3 is 0 Å². The fourth-order valence-electron chi connectivity index (χ4n) is 3.97. The Balaban J connectivity index is 0.00000324. The Morgan fingerprint density at radius 3 is 2.00 bits per heavy atom. The van der Waals surface area contributed by atoms with Crippen LogP contribution >= 0.6 is 24.0 Å². The lowest BCUT2D eigenvalue weighted by molar-refractivity contribution is 0.243. The van der Waals surface area contributed by atoms with E-state index in [4.69, 9.17) is 16.3 Å². The Labute approximate surface area is 213 Å². The molecule has 8 heteroatoms. The summed E-state index contributed by atoms with van der Waals surface area (Å²) in [6.45, 7) is 5.79. The zero-order valence-corrected chi connectivity index (χ0v) is 21.9. The SMILES string of the molecule is CC(C)Oc1cc2c(cc1NS(=O)(=O)c1ccc(-c3ccc(Cl)cc3)cc1)CCN(C)CC2.Cl. The molecule has 0 radical (unpaired) electrons. The number of hydrogen-bond acceptors (Lipinski definition) is 4. The van der Waals surface area contributed by atoms with E-state index in [1.807, 2.05) is 50.2 Å². The van der Waals surface area contributed by atoms with Crippen LogP contribution in [0.25, 0.3) is 11.1 Å². The highest BCUT2D eigenvalue weighted by Crippen LogP contribution is 2.33. The molecule has 1 heterocycles. The van der Waals surface area contributed by atoms with Gasteiger partial charge in [-0.3, -0.25) is 4.72 Å². The van der Waals surface area contributed by atoms with Gasteiger partial charge in [0, 0.05) is 18.1 Å². The molecule has 0 amide bonds. The Bertz CT molecular complexity index is 1230. The quantitative estimate of drug-likeness (QED) is 0.429. The molecular formula is C26H30Cl2N2O3S. The second-order valence-electron chi connectivity index (χ2n) is 8.72. The number of anilines is 1. The minimum absolute atomic E-state index is 0. The fraction of sp³-hybridized carbons (Fsp3) is 0.308. The standard InChI is InChI=1S/C26H29ClN2O3S.ClH/c1-18(2)32-26-17-22-13-15-29(3)14-12-21(22)16-25(26)28-33(30,31)24-10-6-20(7-11-24)19-4-8-23(27)9-5-19;/h4-11,16-18,28H,12-15H2,1-3H3;1H. The van der Waals surface area contributed by atoms with Gasteiger partial charge in [-0.2, -0.15) is 0 Å². The Morgan fingerprint density at radius 2 is 1.44 bits per heavy atom. The van der Waals surface area contributed by atoms with Gasteiger partial charge in [0.2, 0.25) is 0 Å². The van der Waals surface area contributed by atoms with E-state index >= 15 is 0 Å². The van der Waals surface area contributed by atoms with Crippen molar-refractivity contribution in [2.24, 2.45) is 0 Å². The van der Waals surface area contributed by atoms with Crippen molar-refractivity contribution in [1.82, 2.24) is 4.90 Å². The predicted molar refractivity (Wildman–Crippen MR) is 142 cm³/mol. The summed E-state index contributed by atoms with van der Waals surface area (Å²) in [5, 5.41) is 0.661. The van der Waals surface area contributed by atoms with Gasteiger partial charge in [0.05, 0.1) is 16.7 Å². The largest absolute Gasteiger partial charge is 0.489 e. The van der Waals surface area contributed by atoms with Crippen LogP contribution in [0, 0.1) is 0 Å². The number of sulfonamides is 1. The van der Waals surface area contributed by atoms with Crippen LogP contribution in [-0.4, -0.2) is 39.6 Å². The first kappa shape index (κ1) is 26.4. The van der Waals surface area contributed by atoms with E-state index in [9.17, 15) is 8.42 Å². The van der Waals surface area contributed by atoms with Gasteiger partial charge in [0.15, 0.2) is 0 Å². The van der Waals surface area contributed by atoms with E-state index in [-0.39, 0.29) is 23.4 Å². The molecule has 34 heavy (non-hydrogen) atoms. The summed E-state index contributed by atoms with van der Waals surface area (Å²) in [6.07, 6.45) is 1.72. The molecule has 0 fully saturated rings. The highest BCUT2D eigenvalue weighted by atomic mass is 35.5. The van der Waals surface area contributed by atoms with Gasteiger partial charge in [-0.1, -0.05) is 35.9 Å². The zero-order chi connectivity index (χ0) is 23.6. The van der Waals surface area contributed by atoms with E-state index in [0.717, 1.165) is 42.6 Å². The molecule has 3 aromatic carbocycles. The average molecular weight is 522 g/mol. The molecule has 0 bridgehead atoms. The van der Waals surface area contributed by atoms with Crippen molar-refractivity contribution >= 4 is 39.7 Å². The first-order valence-electron chi connectivity index (χ1n) is 11.1. The molecular weight excluding hydrogens is 491 g/mol. The molecule has 3 aromatic rings. The molecule has 0 spiro atoms. The van der Waals surface area contributed by atoms with Gasteiger partial charge in [0.25, 0.3) is 10.0 Å². The molecule has 1 aliphatic rings. The Hall–Kier alpha value is -2.25. The van der Waals surface area contributed by atoms with E-state index in [1.54, 1.807) is 24.3 Å². The Morgan fingerprint density at radius 1 is 0.912 bits per heavy atom. The summed E-state index contributed by atoms with van der Waals surface area (Å²) in [6, 6.07) is 18.2. The number of nitrogens with zero attached hydrogens (tertiary/aromatic N) is 1. The van der Waals surface area contributed by atoms with Crippen LogP contribution in [0.4, 0.5) is 5.69 Å². The second kappa shape index (κ2) is 11.0. The molecule has 0 saturated heterocycles. The number of benzene rings is 3. The molecule has 182 valence electrons. The third kappa shape index (κ3) is 6.25. The van der Waals surface area contributed by atoms with Crippen molar-refractivity contribution in [3.63, 3.8) is 0 Å². The molecule has 0 aromatic heterocycles. The summed E-state index contributed by atoms with van der Waals surface area (Å²) >= 11 is 5.97. The molecule has 0 unspecified atom stereocenters. The molecule has 0 aliphatic carbocycles. The number of rotatable bonds is 6. The normalized spacial score (nSPS) is 14.1. The van der Waals surface area contributed by atoms with Crippen LogP contribution in [0.15, 0.2) is 65.6 Å². The van der Waals surface area contributed by atoms with E-state index < -0.39 is 10.0 Å². The maximum atomic E-state index is 13.2. The number of halogens is 2. The first-order valence-corrected chi connectivity index (χ1v) is 13.0. The number of nitrogens with one attached hydrogen (secondary N) is 1. The zero-order valence-electron chi connectivity index (χ0n) is 19.5. The minimum Gasteiger partial charge on any atom is -0.489 e. The van der Waals surface area contributed by atoms with Crippen molar-refractivity contribution in [3.05, 3.63) is 76.8 Å². The number of fused-ring (bicyclic) bond motifs is 1. The first-order chi connectivity index (χ1) is 15.7. The van der Waals surface area contributed by atoms with Gasteiger partial charge in [-0.15, -0.1) is 12.4 Å². The van der Waals surface area contributed by atoms with Gasteiger partial charge < -0.3 is 9.64 Å². The number of ether oxygens (including phenoxy) is 1. The summed E-state index contributed by atoms with van der Waals surface area (Å²) < 4.78 is 35.2. The molecule has 0 atom stereocenters. The van der Waals surface area contributed by atoms with Gasteiger partial charge in [-0.25, -0.2) is 8.42 Å². The minimum atomic E-state index is -3.79. The summed E-state index contributed by atoms with van der Waals surface area (Å²) in [5.74, 6) is 0.565. The lowest BCUT2D eigenvalue weighted by atomic mass is 10.0. The lowest BCUT2D eigenvalue weighted by Crippen LogP contribution is -2.20. The van der Waals surface area contributed by atoms with Crippen LogP contribution in [0.5, 0.6) is 5.75 Å². The van der Waals surface area contributed by atoms with Crippen molar-refractivity contribution in [2.75, 3.05) is 24.9 Å². The third-order valence-corrected chi connectivity index (χ3v) is 7.41. The number of likely N-dealkylation sites (N-methyl/N-ethyl adjacent to an activating group) is 1. The van der Waals surface area contributed by atoms with E-state index in [2.05, 4.69) is 16.7 Å². The molecule has 1 N–H and O–H groups in total. The topological polar surface area (TPSA) is 58.6 Å². The number of hydrogen-bond donors (Lipinski definition) is 1. The second-order valence-corrected chi connectivity index (χ2v) is 10.8. The molecule has 1 aliphatic heterocycles. The summed E-state index contributed by atoms with van der Waals surface area (Å²) in [7, 11) is -1.68. The average Bonchev–Trinajstić information content (AvgIpc) is 2.95. The summed E-state index contributed by atoms with van der Waals surface area (Å²) in [5.41, 5.74) is 4.74. The van der Waals surface area contributed by atoms with Crippen LogP contribution in [0.1, 0.15) is 25.0 Å². The van der Waals surface area contributed by atoms with Gasteiger partial charge in [-0.05, 0) is 92.4 Å². The molecule has 0 saturated carbocycles. The smallest absolute Gasteiger partial charge is 0.262 e. The maximum absolute atomic E-state index is 13.2. The third-order valence-electron chi connectivity index (χ3n) is 5.78. The predicted octanol–water partition coefficient (Wildman–Crippen LogP) is 6.05. The molecule has 4 rings (SSSR count). The fourth-order valence-corrected chi connectivity index (χ4v) is 5.16. The van der Waals surface area contributed by atoms with Crippen LogP contribution in [0.2, 0.25) is 5.02 Å². The highest BCUT2D eigenvalue weighted by Gasteiger charge is 2.21. The van der Waals surface area contributed by atoms with Crippen molar-refractivity contribution in [3.8, 4) is 16.9 Å². The van der Waals surface area contributed by atoms with Gasteiger partial charge in [0.1, 0.15) is 5.75 Å². The Kier molecular flexibility index (Phi) is 8.52. The van der Waals surface area contributed by atoms with E-state index in [1.165, 1.54) is 5.56 Å². The monoisotopic (exact) mass is 520 g/mol. The van der Waals surface area contributed by atoms with Crippen molar-refractivity contribution in [1.29, 1.82) is 0 Å². The summed E-state index contributed by atoms with van der Waals surface area (Å²) in [4.78, 5) is 2.49. The highest BCUT2D eigenvalue weighted by molar-refractivity contribution is 7.92. The van der Waals surface area contributed by atoms with Crippen LogP contribution in [-0.2, 0) is 22.9 Å². The van der Waals surface area contributed by atoms with Crippen LogP contribution < -0.4 is 9.46 Å². The molecule has 5 nitrogen and oxygen atoms in total. The lowest BCUT2D eigenvalue weighted by Gasteiger charge is -2.19. The van der Waals surface area contributed by atoms with Crippen molar-refractivity contribution < 1.29 is 13.2 Å². The van der Waals surface area contributed by atoms with Crippen LogP contribution in [0.3, 0.4) is 0 Å². The maximum Gasteiger partial charge on any atom is 0.262 e. The van der Waals surface area contributed by atoms with E-state index in [0.29, 0.717) is 16.5 Å².